The Morgan fingerprint density at radius 3 is 2.85 bits per heavy atom. The largest absolute Gasteiger partial charge is 0.329 e. The molecule has 0 saturated heterocycles. The Balaban J connectivity index is 1.96. The second-order valence-electron chi connectivity index (χ2n) is 6.63. The van der Waals surface area contributed by atoms with Gasteiger partial charge in [0.2, 0.25) is 0 Å². The van der Waals surface area contributed by atoms with Crippen molar-refractivity contribution in [2.24, 2.45) is 0 Å². The van der Waals surface area contributed by atoms with Gasteiger partial charge >= 0.3 is 0 Å². The van der Waals surface area contributed by atoms with E-state index in [1.54, 1.807) is 0 Å². The highest BCUT2D eigenvalue weighted by Crippen LogP contribution is 2.36. The molecule has 3 rings (SSSR count). The van der Waals surface area contributed by atoms with Crippen molar-refractivity contribution in [1.29, 1.82) is 0 Å². The van der Waals surface area contributed by atoms with Crippen molar-refractivity contribution < 1.29 is 0 Å². The molecule has 1 N–H and O–H groups in total. The Labute approximate surface area is 123 Å². The molecule has 1 aliphatic carbocycles. The summed E-state index contributed by atoms with van der Waals surface area (Å²) >= 11 is 0. The molecule has 1 aliphatic heterocycles. The van der Waals surface area contributed by atoms with Crippen molar-refractivity contribution in [3.63, 3.8) is 0 Å². The van der Waals surface area contributed by atoms with Crippen molar-refractivity contribution >= 4 is 0 Å². The summed E-state index contributed by atoms with van der Waals surface area (Å²) in [5.41, 5.74) is 2.87. The molecular weight excluding hydrogens is 246 g/mol. The molecule has 112 valence electrons. The quantitative estimate of drug-likeness (QED) is 0.902. The molecular formula is C17H29N3. The lowest BCUT2D eigenvalue weighted by molar-refractivity contribution is 0.388. The summed E-state index contributed by atoms with van der Waals surface area (Å²) in [6.07, 6.45) is 10.6. The minimum Gasteiger partial charge on any atom is -0.329 e. The van der Waals surface area contributed by atoms with Gasteiger partial charge in [-0.15, -0.1) is 0 Å². The maximum atomic E-state index is 5.08. The van der Waals surface area contributed by atoms with Crippen molar-refractivity contribution in [3.8, 4) is 0 Å². The standard InChI is InChI=1S/C17H29N3/c1-3-7-13(2)20-16-10-11-18-12-15(16)19-17(20)14-8-5-4-6-9-14/h13-14,18H,3-12H2,1-2H3. The molecule has 1 aromatic heterocycles. The number of aromatic nitrogens is 2. The highest BCUT2D eigenvalue weighted by atomic mass is 15.1. The Morgan fingerprint density at radius 2 is 2.10 bits per heavy atom. The smallest absolute Gasteiger partial charge is 0.112 e. The van der Waals surface area contributed by atoms with Crippen LogP contribution in [0.3, 0.4) is 0 Å². The van der Waals surface area contributed by atoms with Crippen LogP contribution in [-0.2, 0) is 13.0 Å². The van der Waals surface area contributed by atoms with Gasteiger partial charge in [-0.05, 0) is 26.2 Å². The van der Waals surface area contributed by atoms with Crippen LogP contribution in [0.1, 0.15) is 88.0 Å². The van der Waals surface area contributed by atoms with E-state index in [0.29, 0.717) is 12.0 Å². The topological polar surface area (TPSA) is 29.9 Å². The Kier molecular flexibility index (Phi) is 4.45. The maximum Gasteiger partial charge on any atom is 0.112 e. The van der Waals surface area contributed by atoms with Crippen LogP contribution in [0.15, 0.2) is 0 Å². The first-order valence-corrected chi connectivity index (χ1v) is 8.61. The van der Waals surface area contributed by atoms with Crippen LogP contribution >= 0.6 is 0 Å². The molecule has 3 heteroatoms. The SMILES string of the molecule is CCCC(C)n1c(C2CCCCC2)nc2c1CCNC2. The number of imidazole rings is 1. The van der Waals surface area contributed by atoms with Crippen molar-refractivity contribution in [2.45, 2.75) is 83.7 Å². The van der Waals surface area contributed by atoms with E-state index in [4.69, 9.17) is 4.98 Å². The Morgan fingerprint density at radius 1 is 1.30 bits per heavy atom. The lowest BCUT2D eigenvalue weighted by Crippen LogP contribution is -2.26. The zero-order chi connectivity index (χ0) is 13.9. The molecule has 2 aliphatic rings. The van der Waals surface area contributed by atoms with Gasteiger partial charge in [0.25, 0.3) is 0 Å². The summed E-state index contributed by atoms with van der Waals surface area (Å²) in [4.78, 5) is 5.08. The van der Waals surface area contributed by atoms with E-state index in [2.05, 4.69) is 23.7 Å². The first-order valence-electron chi connectivity index (χ1n) is 8.61. The third kappa shape index (κ3) is 2.65. The fraction of sp³-hybridized carbons (Fsp3) is 0.824. The number of hydrogen-bond donors (Lipinski definition) is 1. The van der Waals surface area contributed by atoms with E-state index in [9.17, 15) is 0 Å². The molecule has 1 aromatic rings. The van der Waals surface area contributed by atoms with Crippen LogP contribution in [0.25, 0.3) is 0 Å². The molecule has 0 spiro atoms. The molecule has 1 atom stereocenters. The van der Waals surface area contributed by atoms with E-state index in [-0.39, 0.29) is 0 Å². The third-order valence-corrected chi connectivity index (χ3v) is 5.07. The molecule has 3 nitrogen and oxygen atoms in total. The number of nitrogens with zero attached hydrogens (tertiary/aromatic N) is 2. The van der Waals surface area contributed by atoms with Gasteiger partial charge in [-0.1, -0.05) is 32.6 Å². The number of rotatable bonds is 4. The normalized spacial score (nSPS) is 21.7. The lowest BCUT2D eigenvalue weighted by Gasteiger charge is -2.26. The average molecular weight is 275 g/mol. The summed E-state index contributed by atoms with van der Waals surface area (Å²) in [7, 11) is 0. The number of hydrogen-bond acceptors (Lipinski definition) is 2. The van der Waals surface area contributed by atoms with Gasteiger partial charge in [-0.2, -0.15) is 0 Å². The minimum atomic E-state index is 0.617. The summed E-state index contributed by atoms with van der Waals surface area (Å²) in [5.74, 6) is 2.13. The van der Waals surface area contributed by atoms with Crippen molar-refractivity contribution in [2.75, 3.05) is 6.54 Å². The zero-order valence-corrected chi connectivity index (χ0v) is 13.1. The fourth-order valence-corrected chi connectivity index (χ4v) is 4.04. The Hall–Kier alpha value is -0.830. The van der Waals surface area contributed by atoms with Crippen LogP contribution in [-0.4, -0.2) is 16.1 Å². The molecule has 1 fully saturated rings. The first kappa shape index (κ1) is 14.1. The summed E-state index contributed by atoms with van der Waals surface area (Å²) in [6, 6.07) is 0.617. The predicted molar refractivity (Wildman–Crippen MR) is 83.1 cm³/mol. The zero-order valence-electron chi connectivity index (χ0n) is 13.1. The second kappa shape index (κ2) is 6.30. The van der Waals surface area contributed by atoms with Crippen LogP contribution in [0.4, 0.5) is 0 Å². The summed E-state index contributed by atoms with van der Waals surface area (Å²) in [6.45, 7) is 6.77. The van der Waals surface area contributed by atoms with Crippen LogP contribution in [0.5, 0.6) is 0 Å². The molecule has 1 unspecified atom stereocenters. The summed E-state index contributed by atoms with van der Waals surface area (Å²) in [5, 5.41) is 3.48. The minimum absolute atomic E-state index is 0.617. The van der Waals surface area contributed by atoms with E-state index < -0.39 is 0 Å². The monoisotopic (exact) mass is 275 g/mol. The Bertz CT molecular complexity index is 443. The van der Waals surface area contributed by atoms with E-state index >= 15 is 0 Å². The molecule has 0 amide bonds. The second-order valence-corrected chi connectivity index (χ2v) is 6.63. The van der Waals surface area contributed by atoms with E-state index in [1.807, 2.05) is 0 Å². The van der Waals surface area contributed by atoms with Gasteiger partial charge in [-0.25, -0.2) is 4.98 Å². The van der Waals surface area contributed by atoms with Gasteiger partial charge in [0.1, 0.15) is 5.82 Å². The molecule has 1 saturated carbocycles. The summed E-state index contributed by atoms with van der Waals surface area (Å²) < 4.78 is 2.63. The number of fused-ring (bicyclic) bond motifs is 1. The van der Waals surface area contributed by atoms with E-state index in [1.165, 1.54) is 62.2 Å². The molecule has 0 radical (unpaired) electrons. The first-order chi connectivity index (χ1) is 9.81. The van der Waals surface area contributed by atoms with Crippen molar-refractivity contribution in [1.82, 2.24) is 14.9 Å². The van der Waals surface area contributed by atoms with Gasteiger partial charge < -0.3 is 9.88 Å². The average Bonchev–Trinajstić information content (AvgIpc) is 2.88. The van der Waals surface area contributed by atoms with E-state index in [0.717, 1.165) is 19.5 Å². The van der Waals surface area contributed by atoms with Crippen LogP contribution < -0.4 is 5.32 Å². The van der Waals surface area contributed by atoms with Crippen LogP contribution in [0.2, 0.25) is 0 Å². The predicted octanol–water partition coefficient (Wildman–Crippen LogP) is 3.94. The van der Waals surface area contributed by atoms with Crippen LogP contribution in [0, 0.1) is 0 Å². The van der Waals surface area contributed by atoms with Gasteiger partial charge in [0, 0.05) is 37.2 Å². The van der Waals surface area contributed by atoms with Gasteiger partial charge in [-0.3, -0.25) is 0 Å². The van der Waals surface area contributed by atoms with Crippen molar-refractivity contribution in [3.05, 3.63) is 17.2 Å². The molecule has 2 heterocycles. The highest BCUT2D eigenvalue weighted by Gasteiger charge is 2.27. The third-order valence-electron chi connectivity index (χ3n) is 5.07. The molecule has 20 heavy (non-hydrogen) atoms. The molecule has 0 bridgehead atoms. The lowest BCUT2D eigenvalue weighted by atomic mass is 9.88. The maximum absolute atomic E-state index is 5.08. The van der Waals surface area contributed by atoms with Gasteiger partial charge in [0.15, 0.2) is 0 Å². The van der Waals surface area contributed by atoms with Gasteiger partial charge in [0.05, 0.1) is 5.69 Å². The molecule has 0 aromatic carbocycles. The number of nitrogens with one attached hydrogen (secondary N) is 1. The highest BCUT2D eigenvalue weighted by molar-refractivity contribution is 5.23. The fourth-order valence-electron chi connectivity index (χ4n) is 4.04.